The summed E-state index contributed by atoms with van der Waals surface area (Å²) >= 11 is 0. The second-order valence-electron chi connectivity index (χ2n) is 3.84. The van der Waals surface area contributed by atoms with Crippen LogP contribution in [0.4, 0.5) is 0 Å². The van der Waals surface area contributed by atoms with Crippen LogP contribution in [0.3, 0.4) is 0 Å². The third-order valence-electron chi connectivity index (χ3n) is 3.11. The van der Waals surface area contributed by atoms with Crippen LogP contribution in [0.25, 0.3) is 6.08 Å². The third-order valence-corrected chi connectivity index (χ3v) is 3.11. The highest BCUT2D eigenvalue weighted by molar-refractivity contribution is 5.59. The van der Waals surface area contributed by atoms with Crippen molar-refractivity contribution in [1.29, 1.82) is 0 Å². The lowest BCUT2D eigenvalue weighted by atomic mass is 9.81. The molecule has 0 amide bonds. The number of hydrogen-bond donors (Lipinski definition) is 0. The first kappa shape index (κ1) is 7.14. The van der Waals surface area contributed by atoms with Crippen LogP contribution >= 0.6 is 0 Å². The van der Waals surface area contributed by atoms with E-state index in [1.165, 1.54) is 17.5 Å². The van der Waals surface area contributed by atoms with Gasteiger partial charge in [0.15, 0.2) is 0 Å². The summed E-state index contributed by atoms with van der Waals surface area (Å²) in [7, 11) is 0. The molecule has 0 heterocycles. The van der Waals surface area contributed by atoms with Crippen molar-refractivity contribution in [3.63, 3.8) is 0 Å². The van der Waals surface area contributed by atoms with Gasteiger partial charge in [-0.2, -0.15) is 0 Å². The van der Waals surface area contributed by atoms with E-state index in [0.717, 1.165) is 5.92 Å². The predicted molar refractivity (Wildman–Crippen MR) is 55.5 cm³/mol. The summed E-state index contributed by atoms with van der Waals surface area (Å²) in [5, 5.41) is 0. The molecule has 0 spiro atoms. The molecule has 1 aromatic rings. The zero-order valence-electron chi connectivity index (χ0n) is 7.48. The van der Waals surface area contributed by atoms with Crippen molar-refractivity contribution < 1.29 is 0 Å². The fourth-order valence-corrected chi connectivity index (χ4v) is 2.42. The highest BCUT2D eigenvalue weighted by Crippen LogP contribution is 2.40. The Morgan fingerprint density at radius 1 is 1.08 bits per heavy atom. The largest absolute Gasteiger partial charge is 0.0873 e. The monoisotopic (exact) mass is 168 g/mol. The second-order valence-corrected chi connectivity index (χ2v) is 3.84. The topological polar surface area (TPSA) is 0 Å². The Bertz CT molecular complexity index is 385. The molecular weight excluding hydrogens is 156 g/mol. The van der Waals surface area contributed by atoms with Crippen molar-refractivity contribution in [1.82, 2.24) is 0 Å². The van der Waals surface area contributed by atoms with Crippen LogP contribution in [-0.4, -0.2) is 0 Å². The molecule has 13 heavy (non-hydrogen) atoms. The molecular formula is C13H12. The number of allylic oxidation sites excluding steroid dienone is 3. The normalized spacial score (nSPS) is 28.6. The summed E-state index contributed by atoms with van der Waals surface area (Å²) in [6, 6.07) is 8.74. The van der Waals surface area contributed by atoms with E-state index >= 15 is 0 Å². The van der Waals surface area contributed by atoms with E-state index in [1.54, 1.807) is 0 Å². The van der Waals surface area contributed by atoms with Gasteiger partial charge in [0.1, 0.15) is 0 Å². The van der Waals surface area contributed by atoms with E-state index in [9.17, 15) is 0 Å². The van der Waals surface area contributed by atoms with Gasteiger partial charge in [-0.15, -0.1) is 0 Å². The fourth-order valence-electron chi connectivity index (χ4n) is 2.42. The Balaban J connectivity index is 2.15. The number of rotatable bonds is 0. The van der Waals surface area contributed by atoms with Crippen LogP contribution in [-0.2, 0) is 0 Å². The van der Waals surface area contributed by atoms with Crippen molar-refractivity contribution in [3.05, 3.63) is 53.6 Å². The van der Waals surface area contributed by atoms with Gasteiger partial charge in [-0.3, -0.25) is 0 Å². The molecule has 0 radical (unpaired) electrons. The van der Waals surface area contributed by atoms with E-state index in [-0.39, 0.29) is 0 Å². The molecule has 0 saturated carbocycles. The third kappa shape index (κ3) is 0.983. The summed E-state index contributed by atoms with van der Waals surface area (Å²) in [4.78, 5) is 0. The first-order valence-corrected chi connectivity index (χ1v) is 4.89. The molecule has 0 fully saturated rings. The maximum Gasteiger partial charge on any atom is 0.00218 e. The van der Waals surface area contributed by atoms with Gasteiger partial charge < -0.3 is 0 Å². The Morgan fingerprint density at radius 2 is 2.00 bits per heavy atom. The standard InChI is InChI=1S/C13H12/c1-2-6-12-10(4-1)8-9-11-5-3-7-13(11)12/h1-6,8-9,11,13H,7H2. The van der Waals surface area contributed by atoms with Gasteiger partial charge in [0, 0.05) is 5.92 Å². The van der Waals surface area contributed by atoms with Crippen molar-refractivity contribution in [2.24, 2.45) is 5.92 Å². The molecule has 0 N–H and O–H groups in total. The van der Waals surface area contributed by atoms with E-state index < -0.39 is 0 Å². The Labute approximate surface area is 78.6 Å². The summed E-state index contributed by atoms with van der Waals surface area (Å²) in [5.41, 5.74) is 2.94. The molecule has 2 aliphatic rings. The van der Waals surface area contributed by atoms with E-state index in [0.29, 0.717) is 5.92 Å². The molecule has 2 unspecified atom stereocenters. The minimum atomic E-state index is 0.662. The maximum absolute atomic E-state index is 2.33. The molecule has 0 saturated heterocycles. The summed E-state index contributed by atoms with van der Waals surface area (Å²) in [5.74, 6) is 1.39. The van der Waals surface area contributed by atoms with E-state index in [2.05, 4.69) is 48.6 Å². The van der Waals surface area contributed by atoms with E-state index in [4.69, 9.17) is 0 Å². The van der Waals surface area contributed by atoms with Gasteiger partial charge in [-0.05, 0) is 23.5 Å². The van der Waals surface area contributed by atoms with Gasteiger partial charge >= 0.3 is 0 Å². The fraction of sp³-hybridized carbons (Fsp3) is 0.231. The smallest absolute Gasteiger partial charge is 0.00218 e. The zero-order chi connectivity index (χ0) is 8.67. The second kappa shape index (κ2) is 2.59. The van der Waals surface area contributed by atoms with Crippen molar-refractivity contribution >= 4 is 6.08 Å². The zero-order valence-corrected chi connectivity index (χ0v) is 7.48. The molecule has 3 rings (SSSR count). The van der Waals surface area contributed by atoms with Crippen molar-refractivity contribution in [2.75, 3.05) is 0 Å². The van der Waals surface area contributed by atoms with Gasteiger partial charge in [-0.1, -0.05) is 48.6 Å². The number of fused-ring (bicyclic) bond motifs is 3. The average molecular weight is 168 g/mol. The van der Waals surface area contributed by atoms with Crippen LogP contribution in [0.15, 0.2) is 42.5 Å². The molecule has 1 aromatic carbocycles. The van der Waals surface area contributed by atoms with Crippen LogP contribution in [0.5, 0.6) is 0 Å². The van der Waals surface area contributed by atoms with Gasteiger partial charge in [-0.25, -0.2) is 0 Å². The molecule has 64 valence electrons. The first-order valence-electron chi connectivity index (χ1n) is 4.89. The quantitative estimate of drug-likeness (QED) is 0.521. The minimum Gasteiger partial charge on any atom is -0.0873 e. The molecule has 0 bridgehead atoms. The maximum atomic E-state index is 2.33. The lowest BCUT2D eigenvalue weighted by Gasteiger charge is -2.23. The Morgan fingerprint density at radius 3 is 3.00 bits per heavy atom. The van der Waals surface area contributed by atoms with Crippen LogP contribution in [0.1, 0.15) is 23.5 Å². The SMILES string of the molecule is C1=CC2C=Cc3ccccc3C2C1. The summed E-state index contributed by atoms with van der Waals surface area (Å²) in [6.45, 7) is 0. The van der Waals surface area contributed by atoms with Gasteiger partial charge in [0.2, 0.25) is 0 Å². The molecule has 2 atom stereocenters. The highest BCUT2D eigenvalue weighted by atomic mass is 14.3. The van der Waals surface area contributed by atoms with Gasteiger partial charge in [0.05, 0.1) is 0 Å². The van der Waals surface area contributed by atoms with Crippen LogP contribution in [0, 0.1) is 5.92 Å². The Kier molecular flexibility index (Phi) is 1.42. The van der Waals surface area contributed by atoms with Crippen LogP contribution in [0.2, 0.25) is 0 Å². The number of hydrogen-bond acceptors (Lipinski definition) is 0. The van der Waals surface area contributed by atoms with Crippen molar-refractivity contribution in [2.45, 2.75) is 12.3 Å². The lowest BCUT2D eigenvalue weighted by molar-refractivity contribution is 0.633. The summed E-state index contributed by atoms with van der Waals surface area (Å²) in [6.07, 6.45) is 10.4. The van der Waals surface area contributed by atoms with E-state index in [1.807, 2.05) is 0 Å². The highest BCUT2D eigenvalue weighted by Gasteiger charge is 2.26. The lowest BCUT2D eigenvalue weighted by Crippen LogP contribution is -2.08. The average Bonchev–Trinajstić information content (AvgIpc) is 2.65. The minimum absolute atomic E-state index is 0.662. The first-order chi connectivity index (χ1) is 6.45. The Hall–Kier alpha value is -1.30. The molecule has 0 nitrogen and oxygen atoms in total. The predicted octanol–water partition coefficient (Wildman–Crippen LogP) is 3.37. The molecule has 2 aliphatic carbocycles. The summed E-state index contributed by atoms with van der Waals surface area (Å²) < 4.78 is 0. The molecule has 0 aromatic heterocycles. The number of benzene rings is 1. The molecule has 0 aliphatic heterocycles. The van der Waals surface area contributed by atoms with Crippen LogP contribution < -0.4 is 0 Å². The van der Waals surface area contributed by atoms with Gasteiger partial charge in [0.25, 0.3) is 0 Å². The molecule has 0 heteroatoms. The van der Waals surface area contributed by atoms with Crippen molar-refractivity contribution in [3.8, 4) is 0 Å².